The highest BCUT2D eigenvalue weighted by Crippen LogP contribution is 2.34. The first-order valence-electron chi connectivity index (χ1n) is 17.5. The van der Waals surface area contributed by atoms with Gasteiger partial charge >= 0.3 is 23.9 Å². The van der Waals surface area contributed by atoms with Crippen LogP contribution in [-0.2, 0) is 51.3 Å². The molecule has 0 aliphatic heterocycles. The molecule has 0 saturated heterocycles. The predicted molar refractivity (Wildman–Crippen MR) is 184 cm³/mol. The van der Waals surface area contributed by atoms with E-state index in [-0.39, 0.29) is 47.5 Å². The smallest absolute Gasteiger partial charge is 0.309 e. The Morgan fingerprint density at radius 3 is 1.25 bits per heavy atom. The zero-order valence-corrected chi connectivity index (χ0v) is 29.8. The van der Waals surface area contributed by atoms with Crippen LogP contribution in [0.4, 0.5) is 0 Å². The zero-order valence-electron chi connectivity index (χ0n) is 29.8. The number of carbonyl (C=O) groups excluding carboxylic acids is 4. The average Bonchev–Trinajstić information content (AvgIpc) is 3.02. The molecule has 2 aliphatic rings. The summed E-state index contributed by atoms with van der Waals surface area (Å²) >= 11 is 0. The van der Waals surface area contributed by atoms with Crippen molar-refractivity contribution in [2.75, 3.05) is 0 Å². The molecular formula is C40H56O8. The first kappa shape index (κ1) is 38.8. The Morgan fingerprint density at radius 1 is 0.562 bits per heavy atom. The summed E-state index contributed by atoms with van der Waals surface area (Å²) < 4.78 is 21.7. The van der Waals surface area contributed by atoms with Crippen LogP contribution in [0.15, 0.2) is 60.7 Å². The molecule has 0 heterocycles. The number of esters is 4. The molecular weight excluding hydrogens is 608 g/mol. The largest absolute Gasteiger partial charge is 0.461 e. The third-order valence-electron chi connectivity index (χ3n) is 8.43. The van der Waals surface area contributed by atoms with Crippen LogP contribution in [0.3, 0.4) is 0 Å². The summed E-state index contributed by atoms with van der Waals surface area (Å²) in [4.78, 5) is 48.5. The molecule has 0 bridgehead atoms. The van der Waals surface area contributed by atoms with Crippen molar-refractivity contribution in [1.29, 1.82) is 0 Å². The quantitative estimate of drug-likeness (QED) is 0.184. The molecule has 0 spiro atoms. The maximum atomic E-state index is 12.3. The van der Waals surface area contributed by atoms with E-state index in [4.69, 9.17) is 18.9 Å². The van der Waals surface area contributed by atoms with Crippen molar-refractivity contribution < 1.29 is 38.1 Å². The Hall–Kier alpha value is -3.68. The van der Waals surface area contributed by atoms with Gasteiger partial charge in [-0.1, -0.05) is 73.5 Å². The summed E-state index contributed by atoms with van der Waals surface area (Å²) in [5.74, 6) is -0.423. The maximum Gasteiger partial charge on any atom is 0.309 e. The van der Waals surface area contributed by atoms with Crippen LogP contribution in [-0.4, -0.2) is 35.1 Å². The van der Waals surface area contributed by atoms with Crippen molar-refractivity contribution >= 4 is 23.9 Å². The third-order valence-corrected chi connectivity index (χ3v) is 8.43. The van der Waals surface area contributed by atoms with Crippen LogP contribution in [0.25, 0.3) is 0 Å². The van der Waals surface area contributed by atoms with E-state index in [1.807, 2.05) is 102 Å². The Morgan fingerprint density at radius 2 is 0.917 bits per heavy atom. The van der Waals surface area contributed by atoms with Crippen molar-refractivity contribution in [2.45, 2.75) is 130 Å². The molecule has 4 atom stereocenters. The molecule has 8 heteroatoms. The molecule has 0 N–H and O–H groups in total. The fraction of sp³-hybridized carbons (Fsp3) is 0.600. The molecule has 0 aromatic heterocycles. The minimum Gasteiger partial charge on any atom is -0.461 e. The predicted octanol–water partition coefficient (Wildman–Crippen LogP) is 8.54. The van der Waals surface area contributed by atoms with E-state index in [9.17, 15) is 19.2 Å². The summed E-state index contributed by atoms with van der Waals surface area (Å²) in [5, 5.41) is 0. The molecule has 48 heavy (non-hydrogen) atoms. The lowest BCUT2D eigenvalue weighted by Gasteiger charge is -2.28. The molecule has 264 valence electrons. The topological polar surface area (TPSA) is 105 Å². The molecule has 8 nitrogen and oxygen atoms in total. The highest BCUT2D eigenvalue weighted by atomic mass is 16.6. The van der Waals surface area contributed by atoms with Gasteiger partial charge in [-0.25, -0.2) is 0 Å². The minimum atomic E-state index is -0.459. The van der Waals surface area contributed by atoms with Crippen LogP contribution in [0.5, 0.6) is 0 Å². The summed E-state index contributed by atoms with van der Waals surface area (Å²) in [6.07, 6.45) is 7.76. The van der Waals surface area contributed by atoms with Crippen molar-refractivity contribution in [2.24, 2.45) is 23.7 Å². The third kappa shape index (κ3) is 15.5. The number of hydrogen-bond acceptors (Lipinski definition) is 8. The molecule has 2 saturated carbocycles. The minimum absolute atomic E-state index is 0.102. The van der Waals surface area contributed by atoms with Gasteiger partial charge in [0.25, 0.3) is 0 Å². The van der Waals surface area contributed by atoms with Gasteiger partial charge in [-0.15, -0.1) is 0 Å². The van der Waals surface area contributed by atoms with Crippen LogP contribution in [0.1, 0.15) is 117 Å². The molecule has 2 fully saturated rings. The summed E-state index contributed by atoms with van der Waals surface area (Å²) in [5.41, 5.74) is 1.07. The van der Waals surface area contributed by atoms with E-state index < -0.39 is 11.2 Å². The van der Waals surface area contributed by atoms with E-state index in [2.05, 4.69) is 0 Å². The lowest BCUT2D eigenvalue weighted by atomic mass is 9.80. The fourth-order valence-corrected chi connectivity index (χ4v) is 6.31. The summed E-state index contributed by atoms with van der Waals surface area (Å²) in [6.45, 7) is 11.8. The fourth-order valence-electron chi connectivity index (χ4n) is 6.31. The van der Waals surface area contributed by atoms with Gasteiger partial charge in [0.2, 0.25) is 0 Å². The van der Waals surface area contributed by atoms with E-state index in [0.717, 1.165) is 49.7 Å². The van der Waals surface area contributed by atoms with Crippen LogP contribution in [0, 0.1) is 23.7 Å². The van der Waals surface area contributed by atoms with Crippen LogP contribution < -0.4 is 0 Å². The first-order chi connectivity index (χ1) is 22.7. The number of carbonyl (C=O) groups is 4. The number of hydrogen-bond donors (Lipinski definition) is 0. The molecule has 0 amide bonds. The molecule has 2 aromatic carbocycles. The maximum absolute atomic E-state index is 12.3. The number of ether oxygens (including phenoxy) is 4. The average molecular weight is 665 g/mol. The van der Waals surface area contributed by atoms with E-state index in [1.165, 1.54) is 0 Å². The van der Waals surface area contributed by atoms with Crippen molar-refractivity contribution in [1.82, 2.24) is 0 Å². The van der Waals surface area contributed by atoms with Gasteiger partial charge in [0.15, 0.2) is 0 Å². The Kier molecular flexibility index (Phi) is 15.1. The zero-order chi connectivity index (χ0) is 35.2. The molecule has 0 radical (unpaired) electrons. The normalized spacial score (nSPS) is 21.1. The van der Waals surface area contributed by atoms with Crippen molar-refractivity contribution in [3.8, 4) is 0 Å². The van der Waals surface area contributed by atoms with Gasteiger partial charge in [0.1, 0.15) is 24.4 Å². The Labute approximate surface area is 287 Å². The van der Waals surface area contributed by atoms with Crippen LogP contribution >= 0.6 is 0 Å². The van der Waals surface area contributed by atoms with Gasteiger partial charge in [0.05, 0.1) is 11.8 Å². The van der Waals surface area contributed by atoms with E-state index in [1.54, 1.807) is 0 Å². The van der Waals surface area contributed by atoms with Gasteiger partial charge in [-0.05, 0) is 103 Å². The van der Waals surface area contributed by atoms with Crippen molar-refractivity contribution in [3.05, 3.63) is 71.8 Å². The second kappa shape index (κ2) is 18.8. The molecule has 4 rings (SSSR count). The Balaban J connectivity index is 0.000000260. The summed E-state index contributed by atoms with van der Waals surface area (Å²) in [6, 6.07) is 19.4. The van der Waals surface area contributed by atoms with Gasteiger partial charge in [-0.3, -0.25) is 19.2 Å². The highest BCUT2D eigenvalue weighted by molar-refractivity contribution is 5.74. The first-order valence-corrected chi connectivity index (χ1v) is 17.5. The van der Waals surface area contributed by atoms with E-state index in [0.29, 0.717) is 38.9 Å². The molecule has 0 unspecified atom stereocenters. The van der Waals surface area contributed by atoms with Crippen LogP contribution in [0.2, 0.25) is 0 Å². The highest BCUT2D eigenvalue weighted by Gasteiger charge is 2.32. The van der Waals surface area contributed by atoms with Crippen molar-refractivity contribution in [3.63, 3.8) is 0 Å². The lowest BCUT2D eigenvalue weighted by Crippen LogP contribution is -2.29. The lowest BCUT2D eigenvalue weighted by molar-refractivity contribution is -0.158. The SMILES string of the molecule is CC(C)(C)OC(=O)C[C@@H]1CCC[C@H](C(=O)OCc2ccccc2)C1.CC(C)(C)OC(=O)C[C@H]1CCC[C@@H](C(=O)OCc2ccccc2)C1. The summed E-state index contributed by atoms with van der Waals surface area (Å²) in [7, 11) is 0. The number of rotatable bonds is 10. The second-order valence-electron chi connectivity index (χ2n) is 15.2. The number of benzene rings is 2. The van der Waals surface area contributed by atoms with Gasteiger partial charge in [0, 0.05) is 12.8 Å². The van der Waals surface area contributed by atoms with Gasteiger partial charge < -0.3 is 18.9 Å². The van der Waals surface area contributed by atoms with Gasteiger partial charge in [-0.2, -0.15) is 0 Å². The molecule has 2 aromatic rings. The second-order valence-corrected chi connectivity index (χ2v) is 15.2. The van der Waals surface area contributed by atoms with E-state index >= 15 is 0 Å². The Bertz CT molecular complexity index is 1190. The molecule has 2 aliphatic carbocycles. The standard InChI is InChI=1S/2C20H28O4/c2*1-20(2,3)24-18(21)13-16-10-7-11-17(12-16)19(22)23-14-15-8-5-4-6-9-15/h2*4-6,8-9,16-17H,7,10-14H2,1-3H3/t2*16-,17+/m10/s1. The monoisotopic (exact) mass is 664 g/mol.